The number of anilines is 1. The average Bonchev–Trinajstić information content (AvgIpc) is 3.25. The third-order valence-electron chi connectivity index (χ3n) is 5.17. The Kier molecular flexibility index (Phi) is 4.51. The molecule has 1 atom stereocenters. The molecule has 1 N–H and O–H groups in total. The molecule has 4 rings (SSSR count). The van der Waals surface area contributed by atoms with Gasteiger partial charge in [-0.25, -0.2) is 22.8 Å². The van der Waals surface area contributed by atoms with E-state index in [-0.39, 0.29) is 16.8 Å². The monoisotopic (exact) mass is 389 g/mol. The van der Waals surface area contributed by atoms with Crippen LogP contribution in [0.4, 0.5) is 5.69 Å². The fourth-order valence-electron chi connectivity index (χ4n) is 3.79. The molecule has 0 saturated heterocycles. The number of fused-ring (bicyclic) bond motifs is 2. The summed E-state index contributed by atoms with van der Waals surface area (Å²) in [5, 5.41) is 4.43. The van der Waals surface area contributed by atoms with Crippen LogP contribution in [-0.4, -0.2) is 35.6 Å². The molecule has 1 unspecified atom stereocenters. The molecule has 0 fully saturated rings. The highest BCUT2D eigenvalue weighted by molar-refractivity contribution is 7.89. The highest BCUT2D eigenvalue weighted by Crippen LogP contribution is 2.31. The highest BCUT2D eigenvalue weighted by atomic mass is 32.2. The third kappa shape index (κ3) is 3.25. The summed E-state index contributed by atoms with van der Waals surface area (Å²) in [5.41, 5.74) is 1.68. The molecule has 1 amide bonds. The van der Waals surface area contributed by atoms with Gasteiger partial charge in [-0.15, -0.1) is 0 Å². The maximum absolute atomic E-state index is 13.0. The lowest BCUT2D eigenvalue weighted by molar-refractivity contribution is -0.116. The van der Waals surface area contributed by atoms with Crippen LogP contribution < -0.4 is 9.62 Å². The Hall–Kier alpha value is -2.26. The second kappa shape index (κ2) is 6.72. The van der Waals surface area contributed by atoms with Gasteiger partial charge in [-0.2, -0.15) is 5.10 Å². The zero-order chi connectivity index (χ0) is 19.2. The maximum atomic E-state index is 13.0. The summed E-state index contributed by atoms with van der Waals surface area (Å²) in [6.07, 6.45) is 2.93. The van der Waals surface area contributed by atoms with Crippen LogP contribution in [0.15, 0.2) is 23.1 Å². The summed E-state index contributed by atoms with van der Waals surface area (Å²) in [5.74, 6) is 1.39. The standard InChI is InChI=1S/C18H23N5O3S/c1-3-17-19-18-15(5-4-9-23(18)20-17)21-27(25,26)14-6-7-16-13(11-14)8-10-22(16)12(2)24/h6-7,11,15,21H,3-5,8-10H2,1-2H3. The smallest absolute Gasteiger partial charge is 0.241 e. The fourth-order valence-corrected chi connectivity index (χ4v) is 5.07. The largest absolute Gasteiger partial charge is 0.312 e. The van der Waals surface area contributed by atoms with Crippen LogP contribution in [0.1, 0.15) is 49.9 Å². The van der Waals surface area contributed by atoms with Crippen molar-refractivity contribution in [2.24, 2.45) is 0 Å². The average molecular weight is 389 g/mol. The van der Waals surface area contributed by atoms with Crippen molar-refractivity contribution in [3.63, 3.8) is 0 Å². The lowest BCUT2D eigenvalue weighted by Gasteiger charge is -2.23. The molecular weight excluding hydrogens is 366 g/mol. The minimum Gasteiger partial charge on any atom is -0.312 e. The molecular formula is C18H23N5O3S. The molecule has 0 radical (unpaired) electrons. The molecule has 2 aliphatic rings. The van der Waals surface area contributed by atoms with Gasteiger partial charge in [0.2, 0.25) is 15.9 Å². The molecule has 1 aromatic heterocycles. The van der Waals surface area contributed by atoms with Crippen LogP contribution in [-0.2, 0) is 34.2 Å². The number of hydrogen-bond donors (Lipinski definition) is 1. The first-order valence-electron chi connectivity index (χ1n) is 9.26. The number of sulfonamides is 1. The number of rotatable bonds is 4. The van der Waals surface area contributed by atoms with Gasteiger partial charge in [0.05, 0.1) is 10.9 Å². The number of aromatic nitrogens is 3. The SMILES string of the molecule is CCc1nc2n(n1)CCCC2NS(=O)(=O)c1ccc2c(c1)CCN2C(C)=O. The van der Waals surface area contributed by atoms with E-state index < -0.39 is 10.0 Å². The van der Waals surface area contributed by atoms with Crippen molar-refractivity contribution >= 4 is 21.6 Å². The van der Waals surface area contributed by atoms with E-state index in [0.29, 0.717) is 25.2 Å². The van der Waals surface area contributed by atoms with E-state index >= 15 is 0 Å². The number of nitrogens with zero attached hydrogens (tertiary/aromatic N) is 4. The Balaban J connectivity index is 1.60. The van der Waals surface area contributed by atoms with Crippen molar-refractivity contribution in [2.45, 2.75) is 57.0 Å². The lowest BCUT2D eigenvalue weighted by Crippen LogP contribution is -2.33. The molecule has 0 aliphatic carbocycles. The fraction of sp³-hybridized carbons (Fsp3) is 0.500. The number of carbonyl (C=O) groups excluding carboxylic acids is 1. The van der Waals surface area contributed by atoms with E-state index in [1.807, 2.05) is 11.6 Å². The van der Waals surface area contributed by atoms with Crippen LogP contribution in [0.2, 0.25) is 0 Å². The van der Waals surface area contributed by atoms with Crippen LogP contribution in [0.3, 0.4) is 0 Å². The highest BCUT2D eigenvalue weighted by Gasteiger charge is 2.30. The van der Waals surface area contributed by atoms with Crippen molar-refractivity contribution in [1.29, 1.82) is 0 Å². The first-order valence-corrected chi connectivity index (χ1v) is 10.7. The Bertz CT molecular complexity index is 998. The van der Waals surface area contributed by atoms with E-state index in [2.05, 4.69) is 14.8 Å². The zero-order valence-electron chi connectivity index (χ0n) is 15.5. The Labute approximate surface area is 158 Å². The van der Waals surface area contributed by atoms with Gasteiger partial charge in [0.15, 0.2) is 5.82 Å². The molecule has 0 saturated carbocycles. The topological polar surface area (TPSA) is 97.2 Å². The maximum Gasteiger partial charge on any atom is 0.241 e. The second-order valence-corrected chi connectivity index (χ2v) is 8.70. The quantitative estimate of drug-likeness (QED) is 0.856. The molecule has 2 aliphatic heterocycles. The minimum atomic E-state index is -3.69. The normalized spacial score (nSPS) is 19.0. The number of hydrogen-bond acceptors (Lipinski definition) is 5. The Morgan fingerprint density at radius 3 is 2.89 bits per heavy atom. The molecule has 2 aromatic rings. The molecule has 1 aromatic carbocycles. The summed E-state index contributed by atoms with van der Waals surface area (Å²) in [6.45, 7) is 4.86. The Morgan fingerprint density at radius 2 is 2.15 bits per heavy atom. The van der Waals surface area contributed by atoms with Gasteiger partial charge in [-0.05, 0) is 43.0 Å². The molecule has 144 valence electrons. The predicted molar refractivity (Wildman–Crippen MR) is 99.9 cm³/mol. The molecule has 27 heavy (non-hydrogen) atoms. The van der Waals surface area contributed by atoms with Crippen molar-refractivity contribution in [3.05, 3.63) is 35.4 Å². The van der Waals surface area contributed by atoms with Crippen LogP contribution in [0, 0.1) is 0 Å². The van der Waals surface area contributed by atoms with Gasteiger partial charge in [0.25, 0.3) is 0 Å². The number of benzene rings is 1. The minimum absolute atomic E-state index is 0.0317. The van der Waals surface area contributed by atoms with E-state index in [4.69, 9.17) is 0 Å². The molecule has 8 nitrogen and oxygen atoms in total. The third-order valence-corrected chi connectivity index (χ3v) is 6.64. The van der Waals surface area contributed by atoms with Crippen LogP contribution >= 0.6 is 0 Å². The first-order chi connectivity index (χ1) is 12.9. The summed E-state index contributed by atoms with van der Waals surface area (Å²) < 4.78 is 30.5. The number of carbonyl (C=O) groups is 1. The van der Waals surface area contributed by atoms with E-state index in [1.54, 1.807) is 23.1 Å². The summed E-state index contributed by atoms with van der Waals surface area (Å²) >= 11 is 0. The van der Waals surface area contributed by atoms with Gasteiger partial charge >= 0.3 is 0 Å². The molecule has 3 heterocycles. The van der Waals surface area contributed by atoms with Crippen molar-refractivity contribution in [3.8, 4) is 0 Å². The van der Waals surface area contributed by atoms with E-state index in [1.165, 1.54) is 6.92 Å². The van der Waals surface area contributed by atoms with Gasteiger partial charge in [0.1, 0.15) is 5.82 Å². The van der Waals surface area contributed by atoms with Crippen molar-refractivity contribution in [1.82, 2.24) is 19.5 Å². The van der Waals surface area contributed by atoms with Gasteiger partial charge < -0.3 is 4.90 Å². The molecule has 9 heteroatoms. The Morgan fingerprint density at radius 1 is 1.33 bits per heavy atom. The first kappa shape index (κ1) is 18.1. The number of amides is 1. The number of aryl methyl sites for hydroxylation is 2. The van der Waals surface area contributed by atoms with Crippen LogP contribution in [0.5, 0.6) is 0 Å². The lowest BCUT2D eigenvalue weighted by atomic mass is 10.1. The predicted octanol–water partition coefficient (Wildman–Crippen LogP) is 1.56. The van der Waals surface area contributed by atoms with E-state index in [0.717, 1.165) is 36.5 Å². The summed E-state index contributed by atoms with van der Waals surface area (Å²) in [7, 11) is -3.69. The molecule has 0 spiro atoms. The van der Waals surface area contributed by atoms with Gasteiger partial charge in [-0.3, -0.25) is 4.79 Å². The van der Waals surface area contributed by atoms with E-state index in [9.17, 15) is 13.2 Å². The zero-order valence-corrected chi connectivity index (χ0v) is 16.3. The van der Waals surface area contributed by atoms with Gasteiger partial charge in [0, 0.05) is 32.1 Å². The molecule has 0 bridgehead atoms. The second-order valence-electron chi connectivity index (χ2n) is 6.99. The van der Waals surface area contributed by atoms with Crippen molar-refractivity contribution < 1.29 is 13.2 Å². The number of nitrogens with one attached hydrogen (secondary N) is 1. The van der Waals surface area contributed by atoms with Crippen LogP contribution in [0.25, 0.3) is 0 Å². The summed E-state index contributed by atoms with van der Waals surface area (Å²) in [6, 6.07) is 4.58. The van der Waals surface area contributed by atoms with Crippen molar-refractivity contribution in [2.75, 3.05) is 11.4 Å². The summed E-state index contributed by atoms with van der Waals surface area (Å²) in [4.78, 5) is 18.1. The van der Waals surface area contributed by atoms with Gasteiger partial charge in [-0.1, -0.05) is 6.92 Å².